The average Bonchev–Trinajstić information content (AvgIpc) is 2.72. The standard InChI is InChI=1S/C22H16F3N3O2/c1-14-5-10-19(20(29)27-13-16-8-6-15(12-26)7-9-16)21(30)28(14)18-4-2-3-17(11-18)22(23,24)25/h2-11H,13H2,1H3,(H,27,29). The number of carbonyl (C=O) groups excluding carboxylic acids is 1. The molecule has 0 fully saturated rings. The molecule has 0 radical (unpaired) electrons. The molecule has 0 atom stereocenters. The number of hydrogen-bond acceptors (Lipinski definition) is 3. The first-order chi connectivity index (χ1) is 14.2. The largest absolute Gasteiger partial charge is 0.416 e. The van der Waals surface area contributed by atoms with Gasteiger partial charge in [-0.05, 0) is 55.0 Å². The molecule has 8 heteroatoms. The van der Waals surface area contributed by atoms with Gasteiger partial charge >= 0.3 is 6.18 Å². The van der Waals surface area contributed by atoms with Crippen molar-refractivity contribution in [3.63, 3.8) is 0 Å². The lowest BCUT2D eigenvalue weighted by atomic mass is 10.1. The molecule has 0 aliphatic heterocycles. The van der Waals surface area contributed by atoms with Gasteiger partial charge in [-0.15, -0.1) is 0 Å². The van der Waals surface area contributed by atoms with Gasteiger partial charge in [0, 0.05) is 17.9 Å². The lowest BCUT2D eigenvalue weighted by Crippen LogP contribution is -2.33. The fraction of sp³-hybridized carbons (Fsp3) is 0.136. The number of hydrogen-bond donors (Lipinski definition) is 1. The molecule has 1 heterocycles. The van der Waals surface area contributed by atoms with Crippen LogP contribution in [0.2, 0.25) is 0 Å². The highest BCUT2D eigenvalue weighted by Crippen LogP contribution is 2.30. The van der Waals surface area contributed by atoms with E-state index < -0.39 is 23.2 Å². The molecule has 2 aromatic carbocycles. The number of alkyl halides is 3. The zero-order chi connectivity index (χ0) is 21.9. The number of benzene rings is 2. The van der Waals surface area contributed by atoms with Crippen LogP contribution in [0, 0.1) is 18.3 Å². The fourth-order valence-corrected chi connectivity index (χ4v) is 2.92. The van der Waals surface area contributed by atoms with E-state index in [9.17, 15) is 22.8 Å². The summed E-state index contributed by atoms with van der Waals surface area (Å²) in [5.74, 6) is -0.648. The van der Waals surface area contributed by atoms with E-state index >= 15 is 0 Å². The van der Waals surface area contributed by atoms with Gasteiger partial charge in [0.2, 0.25) is 0 Å². The summed E-state index contributed by atoms with van der Waals surface area (Å²) in [7, 11) is 0. The summed E-state index contributed by atoms with van der Waals surface area (Å²) >= 11 is 0. The fourth-order valence-electron chi connectivity index (χ4n) is 2.92. The van der Waals surface area contributed by atoms with Crippen LogP contribution >= 0.6 is 0 Å². The minimum atomic E-state index is -4.55. The van der Waals surface area contributed by atoms with Crippen molar-refractivity contribution >= 4 is 5.91 Å². The summed E-state index contributed by atoms with van der Waals surface area (Å²) in [6, 6.07) is 15.8. The van der Waals surface area contributed by atoms with Gasteiger partial charge in [0.25, 0.3) is 11.5 Å². The Labute approximate surface area is 170 Å². The molecule has 1 amide bonds. The Kier molecular flexibility index (Phi) is 5.74. The molecule has 0 spiro atoms. The van der Waals surface area contributed by atoms with Crippen LogP contribution in [0.5, 0.6) is 0 Å². The number of pyridine rings is 1. The van der Waals surface area contributed by atoms with E-state index in [1.807, 2.05) is 6.07 Å². The van der Waals surface area contributed by atoms with Gasteiger partial charge in [0.1, 0.15) is 5.56 Å². The molecule has 5 nitrogen and oxygen atoms in total. The summed E-state index contributed by atoms with van der Waals surface area (Å²) < 4.78 is 40.2. The molecule has 0 unspecified atom stereocenters. The summed E-state index contributed by atoms with van der Waals surface area (Å²) in [6.07, 6.45) is -4.55. The normalized spacial score (nSPS) is 11.0. The highest BCUT2D eigenvalue weighted by molar-refractivity contribution is 5.93. The third-order valence-electron chi connectivity index (χ3n) is 4.49. The Morgan fingerprint density at radius 1 is 1.10 bits per heavy atom. The summed E-state index contributed by atoms with van der Waals surface area (Å²) in [5, 5.41) is 11.4. The van der Waals surface area contributed by atoms with E-state index in [4.69, 9.17) is 5.26 Å². The third-order valence-corrected chi connectivity index (χ3v) is 4.49. The second-order valence-corrected chi connectivity index (χ2v) is 6.57. The van der Waals surface area contributed by atoms with Gasteiger partial charge < -0.3 is 5.32 Å². The lowest BCUT2D eigenvalue weighted by molar-refractivity contribution is -0.137. The van der Waals surface area contributed by atoms with Crippen molar-refractivity contribution in [3.8, 4) is 11.8 Å². The lowest BCUT2D eigenvalue weighted by Gasteiger charge is -2.14. The first-order valence-corrected chi connectivity index (χ1v) is 8.88. The van der Waals surface area contributed by atoms with Crippen molar-refractivity contribution in [1.82, 2.24) is 9.88 Å². The number of nitriles is 1. The molecule has 1 aromatic heterocycles. The van der Waals surface area contributed by atoms with Crippen LogP contribution in [0.25, 0.3) is 5.69 Å². The van der Waals surface area contributed by atoms with Crippen molar-refractivity contribution in [2.45, 2.75) is 19.6 Å². The van der Waals surface area contributed by atoms with Crippen LogP contribution in [-0.2, 0) is 12.7 Å². The molecular weight excluding hydrogens is 395 g/mol. The van der Waals surface area contributed by atoms with Gasteiger partial charge in [-0.1, -0.05) is 18.2 Å². The van der Waals surface area contributed by atoms with E-state index in [2.05, 4.69) is 5.32 Å². The first kappa shape index (κ1) is 20.9. The Hall–Kier alpha value is -3.86. The number of amides is 1. The summed E-state index contributed by atoms with van der Waals surface area (Å²) in [4.78, 5) is 25.4. The Morgan fingerprint density at radius 2 is 1.80 bits per heavy atom. The number of aryl methyl sites for hydroxylation is 1. The highest BCUT2D eigenvalue weighted by atomic mass is 19.4. The van der Waals surface area contributed by atoms with E-state index in [0.717, 1.165) is 22.3 Å². The number of nitrogens with zero attached hydrogens (tertiary/aromatic N) is 2. The number of rotatable bonds is 4. The molecule has 0 aliphatic carbocycles. The van der Waals surface area contributed by atoms with Gasteiger partial charge in [0.15, 0.2) is 0 Å². The number of halogens is 3. The molecule has 0 aliphatic rings. The van der Waals surface area contributed by atoms with Crippen LogP contribution in [0.15, 0.2) is 65.5 Å². The number of nitrogens with one attached hydrogen (secondary N) is 1. The van der Waals surface area contributed by atoms with Gasteiger partial charge in [-0.2, -0.15) is 18.4 Å². The molecule has 30 heavy (non-hydrogen) atoms. The second-order valence-electron chi connectivity index (χ2n) is 6.57. The molecule has 3 rings (SSSR count). The van der Waals surface area contributed by atoms with Crippen molar-refractivity contribution < 1.29 is 18.0 Å². The van der Waals surface area contributed by atoms with E-state index in [1.54, 1.807) is 31.2 Å². The minimum Gasteiger partial charge on any atom is -0.348 e. The first-order valence-electron chi connectivity index (χ1n) is 8.88. The number of aromatic nitrogens is 1. The van der Waals surface area contributed by atoms with E-state index in [1.165, 1.54) is 24.3 Å². The maximum Gasteiger partial charge on any atom is 0.416 e. The highest BCUT2D eigenvalue weighted by Gasteiger charge is 2.30. The monoisotopic (exact) mass is 411 g/mol. The molecule has 0 bridgehead atoms. The molecule has 1 N–H and O–H groups in total. The van der Waals surface area contributed by atoms with Gasteiger partial charge in [-0.3, -0.25) is 14.2 Å². The second kappa shape index (κ2) is 8.25. The molecule has 3 aromatic rings. The SMILES string of the molecule is Cc1ccc(C(=O)NCc2ccc(C#N)cc2)c(=O)n1-c1cccc(C(F)(F)F)c1. The van der Waals surface area contributed by atoms with E-state index in [-0.39, 0.29) is 17.8 Å². The third kappa shape index (κ3) is 4.41. The quantitative estimate of drug-likeness (QED) is 0.706. The molecule has 0 saturated carbocycles. The van der Waals surface area contributed by atoms with Crippen molar-refractivity contribution in [1.29, 1.82) is 5.26 Å². The zero-order valence-corrected chi connectivity index (χ0v) is 15.8. The smallest absolute Gasteiger partial charge is 0.348 e. The van der Waals surface area contributed by atoms with Crippen molar-refractivity contribution in [3.05, 3.63) is 99.0 Å². The van der Waals surface area contributed by atoms with Crippen LogP contribution < -0.4 is 10.9 Å². The zero-order valence-electron chi connectivity index (χ0n) is 15.8. The maximum atomic E-state index is 13.0. The number of carbonyl (C=O) groups is 1. The maximum absolute atomic E-state index is 13.0. The predicted molar refractivity (Wildman–Crippen MR) is 104 cm³/mol. The van der Waals surface area contributed by atoms with Gasteiger partial charge in [0.05, 0.1) is 17.2 Å². The molecule has 0 saturated heterocycles. The topological polar surface area (TPSA) is 74.9 Å². The van der Waals surface area contributed by atoms with Crippen molar-refractivity contribution in [2.75, 3.05) is 0 Å². The Balaban J connectivity index is 1.90. The summed E-state index contributed by atoms with van der Waals surface area (Å²) in [5.41, 5.74) is -0.169. The van der Waals surface area contributed by atoms with Gasteiger partial charge in [-0.25, -0.2) is 0 Å². The van der Waals surface area contributed by atoms with Crippen molar-refractivity contribution in [2.24, 2.45) is 0 Å². The van der Waals surface area contributed by atoms with Crippen LogP contribution in [0.1, 0.15) is 32.7 Å². The average molecular weight is 411 g/mol. The van der Waals surface area contributed by atoms with Crippen LogP contribution in [0.3, 0.4) is 0 Å². The van der Waals surface area contributed by atoms with Crippen LogP contribution in [0.4, 0.5) is 13.2 Å². The Bertz CT molecular complexity index is 1190. The summed E-state index contributed by atoms with van der Waals surface area (Å²) in [6.45, 7) is 1.70. The molecule has 152 valence electrons. The van der Waals surface area contributed by atoms with E-state index in [0.29, 0.717) is 11.3 Å². The van der Waals surface area contributed by atoms with Crippen LogP contribution in [-0.4, -0.2) is 10.5 Å². The Morgan fingerprint density at radius 3 is 2.43 bits per heavy atom. The predicted octanol–water partition coefficient (Wildman–Crippen LogP) is 3.97. The molecular formula is C22H16F3N3O2. The minimum absolute atomic E-state index is 0.0223.